The second-order valence-electron chi connectivity index (χ2n) is 5.52. The molecule has 2 atom stereocenters. The van der Waals surface area contributed by atoms with E-state index in [1.807, 2.05) is 31.4 Å². The summed E-state index contributed by atoms with van der Waals surface area (Å²) in [6.45, 7) is 4.09. The number of rotatable bonds is 4. The number of thiazole rings is 1. The standard InChI is InChI=1S/C15H15N3O3S/c1-8-3-4-10(5-9(8)2)12-7-22-15(16-12)17-14(19)11-6-13(11)18(20)21/h3-5,7,11,13H,6H2,1-2H3,(H,16,17,19)/t11-,13-/m0/s1. The van der Waals surface area contributed by atoms with Crippen molar-refractivity contribution in [2.24, 2.45) is 5.92 Å². The maximum atomic E-state index is 11.9. The molecule has 1 aromatic heterocycles. The van der Waals surface area contributed by atoms with Gasteiger partial charge in [-0.3, -0.25) is 14.9 Å². The number of hydrogen-bond donors (Lipinski definition) is 1. The minimum Gasteiger partial charge on any atom is -0.301 e. The number of anilines is 1. The molecule has 1 aliphatic rings. The zero-order valence-electron chi connectivity index (χ0n) is 12.2. The van der Waals surface area contributed by atoms with Crippen LogP contribution >= 0.6 is 11.3 Å². The first-order valence-electron chi connectivity index (χ1n) is 6.93. The Morgan fingerprint density at radius 1 is 1.41 bits per heavy atom. The van der Waals surface area contributed by atoms with Crippen molar-refractivity contribution in [2.45, 2.75) is 26.3 Å². The molecule has 7 heteroatoms. The zero-order valence-corrected chi connectivity index (χ0v) is 13.0. The van der Waals surface area contributed by atoms with Gasteiger partial charge in [0.1, 0.15) is 5.92 Å². The molecule has 1 amide bonds. The fraction of sp³-hybridized carbons (Fsp3) is 0.333. The van der Waals surface area contributed by atoms with Crippen LogP contribution in [0.3, 0.4) is 0 Å². The molecule has 1 fully saturated rings. The van der Waals surface area contributed by atoms with E-state index in [1.165, 1.54) is 22.5 Å². The van der Waals surface area contributed by atoms with Crippen LogP contribution in [0.25, 0.3) is 11.3 Å². The van der Waals surface area contributed by atoms with E-state index in [2.05, 4.69) is 16.4 Å². The van der Waals surface area contributed by atoms with Gasteiger partial charge in [-0.1, -0.05) is 12.1 Å². The van der Waals surface area contributed by atoms with Gasteiger partial charge in [-0.25, -0.2) is 4.98 Å². The van der Waals surface area contributed by atoms with E-state index in [0.717, 1.165) is 11.3 Å². The molecule has 1 aromatic carbocycles. The van der Waals surface area contributed by atoms with Crippen LogP contribution in [-0.4, -0.2) is 21.9 Å². The van der Waals surface area contributed by atoms with Crippen molar-refractivity contribution in [1.29, 1.82) is 0 Å². The summed E-state index contributed by atoms with van der Waals surface area (Å²) in [5.41, 5.74) is 4.19. The second kappa shape index (κ2) is 5.49. The molecular weight excluding hydrogens is 302 g/mol. The van der Waals surface area contributed by atoms with Crippen LogP contribution in [-0.2, 0) is 4.79 Å². The summed E-state index contributed by atoms with van der Waals surface area (Å²) in [5, 5.41) is 15.6. The molecule has 114 valence electrons. The maximum Gasteiger partial charge on any atom is 0.236 e. The highest BCUT2D eigenvalue weighted by Crippen LogP contribution is 2.35. The van der Waals surface area contributed by atoms with E-state index in [9.17, 15) is 14.9 Å². The smallest absolute Gasteiger partial charge is 0.236 e. The molecule has 1 aliphatic carbocycles. The number of hydrogen-bond acceptors (Lipinski definition) is 5. The number of amides is 1. The van der Waals surface area contributed by atoms with Gasteiger partial charge < -0.3 is 5.32 Å². The first-order valence-corrected chi connectivity index (χ1v) is 7.81. The molecule has 0 saturated heterocycles. The number of aromatic nitrogens is 1. The van der Waals surface area contributed by atoms with Crippen molar-refractivity contribution in [2.75, 3.05) is 5.32 Å². The lowest BCUT2D eigenvalue weighted by Crippen LogP contribution is -2.18. The van der Waals surface area contributed by atoms with Crippen LogP contribution in [0.4, 0.5) is 5.13 Å². The summed E-state index contributed by atoms with van der Waals surface area (Å²) in [7, 11) is 0. The Morgan fingerprint density at radius 2 is 2.18 bits per heavy atom. The molecule has 0 unspecified atom stereocenters. The minimum absolute atomic E-state index is 0.314. The van der Waals surface area contributed by atoms with E-state index in [1.54, 1.807) is 0 Å². The average molecular weight is 317 g/mol. The highest BCUT2D eigenvalue weighted by Gasteiger charge is 2.53. The Labute approximate surface area is 131 Å². The molecule has 0 radical (unpaired) electrons. The summed E-state index contributed by atoms with van der Waals surface area (Å²) < 4.78 is 0. The molecule has 22 heavy (non-hydrogen) atoms. The highest BCUT2D eigenvalue weighted by atomic mass is 32.1. The zero-order chi connectivity index (χ0) is 15.9. The van der Waals surface area contributed by atoms with Gasteiger partial charge in [0.25, 0.3) is 0 Å². The Bertz CT molecular complexity index is 756. The van der Waals surface area contributed by atoms with Crippen molar-refractivity contribution < 1.29 is 9.72 Å². The van der Waals surface area contributed by atoms with Gasteiger partial charge in [-0.05, 0) is 31.0 Å². The largest absolute Gasteiger partial charge is 0.301 e. The molecule has 0 spiro atoms. The number of nitrogens with one attached hydrogen (secondary N) is 1. The third kappa shape index (κ3) is 2.85. The van der Waals surface area contributed by atoms with E-state index >= 15 is 0 Å². The van der Waals surface area contributed by atoms with Gasteiger partial charge in [0.15, 0.2) is 5.13 Å². The predicted octanol–water partition coefficient (Wildman–Crippen LogP) is 3.03. The first kappa shape index (κ1) is 14.6. The summed E-state index contributed by atoms with van der Waals surface area (Å²) >= 11 is 1.32. The lowest BCUT2D eigenvalue weighted by Gasteiger charge is -2.02. The molecule has 2 aromatic rings. The molecule has 0 aliphatic heterocycles. The number of aryl methyl sites for hydroxylation is 2. The highest BCUT2D eigenvalue weighted by molar-refractivity contribution is 7.14. The molecular formula is C15H15N3O3S. The van der Waals surface area contributed by atoms with Crippen LogP contribution in [0.15, 0.2) is 23.6 Å². The molecule has 6 nitrogen and oxygen atoms in total. The van der Waals surface area contributed by atoms with Crippen molar-refractivity contribution in [3.05, 3.63) is 44.8 Å². The number of benzene rings is 1. The summed E-state index contributed by atoms with van der Waals surface area (Å²) in [5.74, 6) is -0.841. The lowest BCUT2D eigenvalue weighted by atomic mass is 10.1. The molecule has 1 heterocycles. The van der Waals surface area contributed by atoms with Crippen molar-refractivity contribution in [3.63, 3.8) is 0 Å². The van der Waals surface area contributed by atoms with E-state index in [-0.39, 0.29) is 5.91 Å². The summed E-state index contributed by atoms with van der Waals surface area (Å²) in [4.78, 5) is 26.5. The normalized spacial score (nSPS) is 19.7. The van der Waals surface area contributed by atoms with Crippen LogP contribution in [0.5, 0.6) is 0 Å². The van der Waals surface area contributed by atoms with Crippen LogP contribution < -0.4 is 5.32 Å². The molecule has 1 N–H and O–H groups in total. The fourth-order valence-corrected chi connectivity index (χ4v) is 2.98. The van der Waals surface area contributed by atoms with Gasteiger partial charge >= 0.3 is 0 Å². The maximum absolute atomic E-state index is 11.9. The van der Waals surface area contributed by atoms with Gasteiger partial charge in [0.2, 0.25) is 11.9 Å². The quantitative estimate of drug-likeness (QED) is 0.694. The SMILES string of the molecule is Cc1ccc(-c2csc(NC(=O)[C@H]3C[C@@H]3[N+](=O)[O-])n2)cc1C. The number of carbonyl (C=O) groups is 1. The Kier molecular flexibility index (Phi) is 3.66. The predicted molar refractivity (Wildman–Crippen MR) is 84.5 cm³/mol. The minimum atomic E-state index is -0.737. The molecule has 0 bridgehead atoms. The Hall–Kier alpha value is -2.28. The van der Waals surface area contributed by atoms with E-state index in [0.29, 0.717) is 11.6 Å². The van der Waals surface area contributed by atoms with E-state index in [4.69, 9.17) is 0 Å². The van der Waals surface area contributed by atoms with Gasteiger partial charge in [0, 0.05) is 22.3 Å². The Balaban J connectivity index is 1.70. The second-order valence-corrected chi connectivity index (χ2v) is 6.38. The van der Waals surface area contributed by atoms with E-state index < -0.39 is 16.9 Å². The van der Waals surface area contributed by atoms with Crippen LogP contribution in [0.2, 0.25) is 0 Å². The topological polar surface area (TPSA) is 85.1 Å². The first-order chi connectivity index (χ1) is 10.5. The monoisotopic (exact) mass is 317 g/mol. The third-order valence-corrected chi connectivity index (χ3v) is 4.66. The fourth-order valence-electron chi connectivity index (χ4n) is 2.26. The molecule has 1 saturated carbocycles. The van der Waals surface area contributed by atoms with Gasteiger partial charge in [-0.2, -0.15) is 0 Å². The third-order valence-electron chi connectivity index (χ3n) is 3.90. The van der Waals surface area contributed by atoms with Crippen LogP contribution in [0, 0.1) is 29.9 Å². The number of nitro groups is 1. The molecule has 3 rings (SSSR count). The number of nitrogens with zero attached hydrogens (tertiary/aromatic N) is 2. The Morgan fingerprint density at radius 3 is 2.82 bits per heavy atom. The summed E-state index contributed by atoms with van der Waals surface area (Å²) in [6, 6.07) is 5.35. The van der Waals surface area contributed by atoms with Crippen LogP contribution in [0.1, 0.15) is 17.5 Å². The van der Waals surface area contributed by atoms with Gasteiger partial charge in [0.05, 0.1) is 5.69 Å². The average Bonchev–Trinajstić information content (AvgIpc) is 3.16. The van der Waals surface area contributed by atoms with Crippen molar-refractivity contribution in [3.8, 4) is 11.3 Å². The van der Waals surface area contributed by atoms with Gasteiger partial charge in [-0.15, -0.1) is 11.3 Å². The summed E-state index contributed by atoms with van der Waals surface area (Å²) in [6.07, 6.45) is 0.314. The number of carbonyl (C=O) groups excluding carboxylic acids is 1. The van der Waals surface area contributed by atoms with Crippen molar-refractivity contribution in [1.82, 2.24) is 4.98 Å². The lowest BCUT2D eigenvalue weighted by molar-refractivity contribution is -0.497. The van der Waals surface area contributed by atoms with Crippen molar-refractivity contribution >= 4 is 22.4 Å².